The number of fused-ring (bicyclic) bond motifs is 5. The van der Waals surface area contributed by atoms with E-state index in [0.717, 1.165) is 16.7 Å². The van der Waals surface area contributed by atoms with Crippen molar-refractivity contribution in [3.8, 4) is 23.0 Å². The van der Waals surface area contributed by atoms with E-state index in [4.69, 9.17) is 9.47 Å². The van der Waals surface area contributed by atoms with Crippen molar-refractivity contribution < 1.29 is 29.6 Å². The van der Waals surface area contributed by atoms with Crippen LogP contribution in [-0.4, -0.2) is 33.5 Å². The first-order valence-electron chi connectivity index (χ1n) is 9.26. The number of carbonyl (C=O) groups excluding carboxylic acids is 1. The van der Waals surface area contributed by atoms with E-state index in [1.54, 1.807) is 42.5 Å². The SMILES string of the molecule is O=C(Oc1ccc2c(c1)OC[C@]1(O)Cc3cc(O)c(O)cc3[C@H]21)c1ccccc1. The Labute approximate surface area is 166 Å². The third-order valence-corrected chi connectivity index (χ3v) is 5.58. The molecule has 1 heterocycles. The lowest BCUT2D eigenvalue weighted by Gasteiger charge is -2.36. The Morgan fingerprint density at radius 3 is 2.55 bits per heavy atom. The minimum absolute atomic E-state index is 0.0525. The third kappa shape index (κ3) is 2.80. The van der Waals surface area contributed by atoms with E-state index in [1.165, 1.54) is 12.1 Å². The number of esters is 1. The molecule has 1 aliphatic heterocycles. The van der Waals surface area contributed by atoms with Crippen molar-refractivity contribution in [1.82, 2.24) is 0 Å². The molecule has 29 heavy (non-hydrogen) atoms. The average molecular weight is 390 g/mol. The molecule has 0 spiro atoms. The van der Waals surface area contributed by atoms with Gasteiger partial charge < -0.3 is 24.8 Å². The number of hydrogen-bond donors (Lipinski definition) is 3. The van der Waals surface area contributed by atoms with Gasteiger partial charge in [0.05, 0.1) is 5.56 Å². The van der Waals surface area contributed by atoms with E-state index in [-0.39, 0.29) is 18.1 Å². The highest BCUT2D eigenvalue weighted by molar-refractivity contribution is 5.91. The molecule has 0 saturated heterocycles. The number of ether oxygens (including phenoxy) is 2. The van der Waals surface area contributed by atoms with E-state index in [0.29, 0.717) is 23.5 Å². The molecule has 0 saturated carbocycles. The van der Waals surface area contributed by atoms with Crippen LogP contribution in [0, 0.1) is 0 Å². The summed E-state index contributed by atoms with van der Waals surface area (Å²) in [5.41, 5.74) is 1.53. The van der Waals surface area contributed by atoms with Crippen LogP contribution in [0.2, 0.25) is 0 Å². The summed E-state index contributed by atoms with van der Waals surface area (Å²) in [4.78, 5) is 12.3. The average Bonchev–Trinajstić information content (AvgIpc) is 3.00. The molecule has 6 heteroatoms. The molecule has 3 aromatic rings. The largest absolute Gasteiger partial charge is 0.504 e. The molecule has 0 bridgehead atoms. The van der Waals surface area contributed by atoms with E-state index in [9.17, 15) is 20.1 Å². The van der Waals surface area contributed by atoms with E-state index in [2.05, 4.69) is 0 Å². The van der Waals surface area contributed by atoms with Gasteiger partial charge >= 0.3 is 5.97 Å². The normalized spacial score (nSPS) is 21.5. The minimum Gasteiger partial charge on any atom is -0.504 e. The smallest absolute Gasteiger partial charge is 0.343 e. The van der Waals surface area contributed by atoms with Crippen molar-refractivity contribution in [2.45, 2.75) is 17.9 Å². The van der Waals surface area contributed by atoms with Gasteiger partial charge in [-0.3, -0.25) is 0 Å². The maximum atomic E-state index is 12.3. The summed E-state index contributed by atoms with van der Waals surface area (Å²) in [6, 6.07) is 16.7. The molecule has 0 radical (unpaired) electrons. The van der Waals surface area contributed by atoms with Crippen molar-refractivity contribution in [3.05, 3.63) is 82.9 Å². The van der Waals surface area contributed by atoms with Crippen LogP contribution in [0.3, 0.4) is 0 Å². The number of carbonyl (C=O) groups is 1. The van der Waals surface area contributed by atoms with E-state index >= 15 is 0 Å². The number of aliphatic hydroxyl groups is 1. The molecule has 6 nitrogen and oxygen atoms in total. The molecule has 2 atom stereocenters. The Morgan fingerprint density at radius 2 is 1.76 bits per heavy atom. The van der Waals surface area contributed by atoms with Crippen molar-refractivity contribution in [2.24, 2.45) is 0 Å². The molecule has 0 fully saturated rings. The van der Waals surface area contributed by atoms with Crippen LogP contribution in [0.25, 0.3) is 0 Å². The van der Waals surface area contributed by atoms with E-state index < -0.39 is 17.5 Å². The van der Waals surface area contributed by atoms with Crippen LogP contribution in [0.4, 0.5) is 0 Å². The van der Waals surface area contributed by atoms with Gasteiger partial charge in [-0.1, -0.05) is 24.3 Å². The molecular weight excluding hydrogens is 372 g/mol. The molecule has 0 aromatic heterocycles. The standard InChI is InChI=1S/C23H18O6/c24-18-8-14-11-23(27)12-28-20-9-15(29-22(26)13-4-2-1-3-5-13)6-7-16(20)21(23)17(14)10-19(18)25/h1-10,21,24-25,27H,11-12H2/t21-,23+/m0/s1. The summed E-state index contributed by atoms with van der Waals surface area (Å²) in [6.07, 6.45) is 0.311. The first-order valence-corrected chi connectivity index (χ1v) is 9.26. The fourth-order valence-electron chi connectivity index (χ4n) is 4.26. The number of phenolic OH excluding ortho intramolecular Hbond substituents is 2. The van der Waals surface area contributed by atoms with Crippen molar-refractivity contribution >= 4 is 5.97 Å². The van der Waals surface area contributed by atoms with Gasteiger partial charge in [0, 0.05) is 24.0 Å². The summed E-state index contributed by atoms with van der Waals surface area (Å²) >= 11 is 0. The second-order valence-corrected chi connectivity index (χ2v) is 7.50. The summed E-state index contributed by atoms with van der Waals surface area (Å²) in [7, 11) is 0. The lowest BCUT2D eigenvalue weighted by molar-refractivity contribution is -0.0219. The second-order valence-electron chi connectivity index (χ2n) is 7.50. The van der Waals surface area contributed by atoms with Gasteiger partial charge in [0.2, 0.25) is 0 Å². The van der Waals surface area contributed by atoms with E-state index in [1.807, 2.05) is 6.07 Å². The summed E-state index contributed by atoms with van der Waals surface area (Å²) < 4.78 is 11.2. The van der Waals surface area contributed by atoms with Gasteiger partial charge in [-0.05, 0) is 41.5 Å². The summed E-state index contributed by atoms with van der Waals surface area (Å²) in [5, 5.41) is 30.9. The summed E-state index contributed by atoms with van der Waals surface area (Å²) in [5.74, 6) is -0.464. The van der Waals surface area contributed by atoms with Gasteiger partial charge in [-0.2, -0.15) is 0 Å². The second kappa shape index (κ2) is 6.25. The number of phenols is 2. The highest BCUT2D eigenvalue weighted by Crippen LogP contribution is 2.53. The zero-order valence-corrected chi connectivity index (χ0v) is 15.3. The monoisotopic (exact) mass is 390 g/mol. The zero-order chi connectivity index (χ0) is 20.2. The quantitative estimate of drug-likeness (QED) is 0.353. The predicted molar refractivity (Wildman–Crippen MR) is 104 cm³/mol. The Morgan fingerprint density at radius 1 is 1.00 bits per heavy atom. The topological polar surface area (TPSA) is 96.2 Å². The molecular formula is C23H18O6. The van der Waals surface area contributed by atoms with Crippen LogP contribution in [0.15, 0.2) is 60.7 Å². The van der Waals surface area contributed by atoms with Gasteiger partial charge in [0.15, 0.2) is 11.5 Å². The minimum atomic E-state index is -1.17. The molecule has 5 rings (SSSR count). The fourth-order valence-corrected chi connectivity index (χ4v) is 4.26. The number of hydrogen-bond acceptors (Lipinski definition) is 6. The van der Waals surface area contributed by atoms with Crippen LogP contribution in [0.5, 0.6) is 23.0 Å². The first-order chi connectivity index (χ1) is 13.9. The van der Waals surface area contributed by atoms with Crippen molar-refractivity contribution in [2.75, 3.05) is 6.61 Å². The van der Waals surface area contributed by atoms with Crippen LogP contribution < -0.4 is 9.47 Å². The third-order valence-electron chi connectivity index (χ3n) is 5.58. The van der Waals surface area contributed by atoms with Gasteiger partial charge in [0.25, 0.3) is 0 Å². The Hall–Kier alpha value is -3.51. The summed E-state index contributed by atoms with van der Waals surface area (Å²) in [6.45, 7) is 0.0525. The number of aromatic hydroxyl groups is 2. The molecule has 1 aliphatic carbocycles. The first kappa shape index (κ1) is 17.6. The predicted octanol–water partition coefficient (Wildman–Crippen LogP) is 3.13. The van der Waals surface area contributed by atoms with Crippen LogP contribution >= 0.6 is 0 Å². The highest BCUT2D eigenvalue weighted by atomic mass is 16.5. The lowest BCUT2D eigenvalue weighted by atomic mass is 9.80. The zero-order valence-electron chi connectivity index (χ0n) is 15.3. The number of rotatable bonds is 2. The number of benzene rings is 3. The molecule has 0 unspecified atom stereocenters. The Kier molecular flexibility index (Phi) is 3.79. The van der Waals surface area contributed by atoms with Gasteiger partial charge in [-0.25, -0.2) is 4.79 Å². The molecule has 3 aromatic carbocycles. The molecule has 146 valence electrons. The maximum absolute atomic E-state index is 12.3. The van der Waals surface area contributed by atoms with Gasteiger partial charge in [-0.15, -0.1) is 0 Å². The maximum Gasteiger partial charge on any atom is 0.343 e. The molecule has 0 amide bonds. The molecule has 2 aliphatic rings. The molecule has 3 N–H and O–H groups in total. The Balaban J connectivity index is 1.50. The lowest BCUT2D eigenvalue weighted by Crippen LogP contribution is -2.43. The van der Waals surface area contributed by atoms with Crippen LogP contribution in [0.1, 0.15) is 33.0 Å². The van der Waals surface area contributed by atoms with Crippen LogP contribution in [-0.2, 0) is 6.42 Å². The Bertz CT molecular complexity index is 1120. The van der Waals surface area contributed by atoms with Crippen molar-refractivity contribution in [1.29, 1.82) is 0 Å². The highest BCUT2D eigenvalue weighted by Gasteiger charge is 2.50. The van der Waals surface area contributed by atoms with Crippen molar-refractivity contribution in [3.63, 3.8) is 0 Å². The fraction of sp³-hybridized carbons (Fsp3) is 0.174. The van der Waals surface area contributed by atoms with Gasteiger partial charge in [0.1, 0.15) is 23.7 Å².